The molecular formula is C13H12BrF2NO2S2. The molecule has 114 valence electrons. The molecule has 21 heavy (non-hydrogen) atoms. The van der Waals surface area contributed by atoms with E-state index in [1.54, 1.807) is 6.92 Å². The predicted molar refractivity (Wildman–Crippen MR) is 81.9 cm³/mol. The van der Waals surface area contributed by atoms with Crippen LogP contribution in [0.3, 0.4) is 0 Å². The van der Waals surface area contributed by atoms with Crippen molar-refractivity contribution in [1.29, 1.82) is 0 Å². The molecule has 1 aromatic carbocycles. The third-order valence-corrected chi connectivity index (χ3v) is 7.01. The maximum Gasteiger partial charge on any atom is 0.250 e. The van der Waals surface area contributed by atoms with Crippen LogP contribution in [0.15, 0.2) is 32.3 Å². The molecule has 0 radical (unpaired) electrons. The summed E-state index contributed by atoms with van der Waals surface area (Å²) >= 11 is 4.34. The minimum atomic E-state index is -3.76. The van der Waals surface area contributed by atoms with Crippen LogP contribution in [0.25, 0.3) is 0 Å². The highest BCUT2D eigenvalue weighted by Crippen LogP contribution is 2.31. The Balaban J connectivity index is 2.27. The SMILES string of the molecule is Cc1cc(S(=O)(=O)NC(C)c2ccc(F)cc2F)sc1Br. The number of hydrogen-bond acceptors (Lipinski definition) is 3. The first-order valence-electron chi connectivity index (χ1n) is 5.94. The lowest BCUT2D eigenvalue weighted by Crippen LogP contribution is -2.26. The van der Waals surface area contributed by atoms with Crippen LogP contribution in [0.4, 0.5) is 8.78 Å². The molecule has 2 rings (SSSR count). The van der Waals surface area contributed by atoms with E-state index < -0.39 is 27.7 Å². The largest absolute Gasteiger partial charge is 0.250 e. The fraction of sp³-hybridized carbons (Fsp3) is 0.231. The van der Waals surface area contributed by atoms with Gasteiger partial charge in [0, 0.05) is 17.7 Å². The van der Waals surface area contributed by atoms with Gasteiger partial charge < -0.3 is 0 Å². The molecule has 8 heteroatoms. The molecule has 0 spiro atoms. The maximum absolute atomic E-state index is 13.7. The molecule has 1 atom stereocenters. The van der Waals surface area contributed by atoms with Gasteiger partial charge in [-0.25, -0.2) is 21.9 Å². The lowest BCUT2D eigenvalue weighted by Gasteiger charge is -2.14. The average molecular weight is 396 g/mol. The first-order valence-corrected chi connectivity index (χ1v) is 9.03. The lowest BCUT2D eigenvalue weighted by molar-refractivity contribution is 0.541. The zero-order valence-corrected chi connectivity index (χ0v) is 14.4. The monoisotopic (exact) mass is 395 g/mol. The van der Waals surface area contributed by atoms with E-state index in [2.05, 4.69) is 20.7 Å². The fourth-order valence-electron chi connectivity index (χ4n) is 1.77. The van der Waals surface area contributed by atoms with Crippen LogP contribution in [-0.2, 0) is 10.0 Å². The molecule has 3 nitrogen and oxygen atoms in total. The molecule has 1 unspecified atom stereocenters. The van der Waals surface area contributed by atoms with Crippen LogP contribution in [0.5, 0.6) is 0 Å². The van der Waals surface area contributed by atoms with Gasteiger partial charge in [-0.05, 0) is 47.5 Å². The topological polar surface area (TPSA) is 46.2 Å². The van der Waals surface area contributed by atoms with E-state index in [9.17, 15) is 17.2 Å². The third kappa shape index (κ3) is 3.68. The van der Waals surface area contributed by atoms with Crippen LogP contribution in [-0.4, -0.2) is 8.42 Å². The molecular weight excluding hydrogens is 384 g/mol. The minimum absolute atomic E-state index is 0.0901. The summed E-state index contributed by atoms with van der Waals surface area (Å²) in [5.74, 6) is -1.49. The number of aryl methyl sites for hydroxylation is 1. The van der Waals surface area contributed by atoms with E-state index in [-0.39, 0.29) is 9.77 Å². The summed E-state index contributed by atoms with van der Waals surface area (Å²) < 4.78 is 54.3. The van der Waals surface area contributed by atoms with Crippen molar-refractivity contribution in [3.8, 4) is 0 Å². The van der Waals surface area contributed by atoms with Crippen LogP contribution in [0.2, 0.25) is 0 Å². The van der Waals surface area contributed by atoms with Crippen molar-refractivity contribution < 1.29 is 17.2 Å². The van der Waals surface area contributed by atoms with Gasteiger partial charge in [-0.15, -0.1) is 11.3 Å². The van der Waals surface area contributed by atoms with Gasteiger partial charge >= 0.3 is 0 Å². The zero-order chi connectivity index (χ0) is 15.8. The standard InChI is InChI=1S/C13H12BrF2NO2S2/c1-7-5-12(20-13(7)14)21(18,19)17-8(2)10-4-3-9(15)6-11(10)16/h3-6,8,17H,1-2H3. The quantitative estimate of drug-likeness (QED) is 0.845. The Bertz CT molecular complexity index is 755. The first-order chi connectivity index (χ1) is 9.70. The Kier molecular flexibility index (Phi) is 4.82. The van der Waals surface area contributed by atoms with Crippen molar-refractivity contribution in [2.75, 3.05) is 0 Å². The summed E-state index contributed by atoms with van der Waals surface area (Å²) in [6, 6.07) is 3.77. The molecule has 0 aliphatic heterocycles. The summed E-state index contributed by atoms with van der Waals surface area (Å²) in [6.07, 6.45) is 0. The summed E-state index contributed by atoms with van der Waals surface area (Å²) in [6.45, 7) is 3.28. The number of halogens is 3. The number of thiophene rings is 1. The van der Waals surface area contributed by atoms with Crippen LogP contribution in [0.1, 0.15) is 24.1 Å². The highest BCUT2D eigenvalue weighted by atomic mass is 79.9. The Morgan fingerprint density at radius 2 is 1.95 bits per heavy atom. The summed E-state index contributed by atoms with van der Waals surface area (Å²) in [7, 11) is -3.76. The second-order valence-corrected chi connectivity index (χ2v) is 8.84. The van der Waals surface area contributed by atoms with Crippen molar-refractivity contribution in [3.63, 3.8) is 0 Å². The second-order valence-electron chi connectivity index (χ2n) is 4.53. The van der Waals surface area contributed by atoms with Gasteiger partial charge in [0.25, 0.3) is 10.0 Å². The number of hydrogen-bond donors (Lipinski definition) is 1. The van der Waals surface area contributed by atoms with Gasteiger partial charge in [-0.2, -0.15) is 0 Å². The molecule has 0 bridgehead atoms. The van der Waals surface area contributed by atoms with Gasteiger partial charge in [0.1, 0.15) is 15.8 Å². The molecule has 0 fully saturated rings. The number of sulfonamides is 1. The molecule has 0 saturated carbocycles. The Labute approximate surface area is 134 Å². The Morgan fingerprint density at radius 3 is 2.48 bits per heavy atom. The molecule has 2 aromatic rings. The summed E-state index contributed by atoms with van der Waals surface area (Å²) in [5, 5.41) is 0. The smallest absolute Gasteiger partial charge is 0.207 e. The predicted octanol–water partition coefficient (Wildman–Crippen LogP) is 4.14. The maximum atomic E-state index is 13.7. The molecule has 0 aliphatic carbocycles. The van der Waals surface area contributed by atoms with E-state index >= 15 is 0 Å². The zero-order valence-electron chi connectivity index (χ0n) is 11.2. The van der Waals surface area contributed by atoms with E-state index in [1.165, 1.54) is 19.1 Å². The average Bonchev–Trinajstić information content (AvgIpc) is 2.69. The lowest BCUT2D eigenvalue weighted by atomic mass is 10.1. The van der Waals surface area contributed by atoms with E-state index in [0.717, 1.165) is 32.8 Å². The first kappa shape index (κ1) is 16.5. The molecule has 0 amide bonds. The van der Waals surface area contributed by atoms with Crippen molar-refractivity contribution >= 4 is 37.3 Å². The second kappa shape index (κ2) is 6.12. The Morgan fingerprint density at radius 1 is 1.29 bits per heavy atom. The highest BCUT2D eigenvalue weighted by molar-refractivity contribution is 9.11. The van der Waals surface area contributed by atoms with Crippen molar-refractivity contribution in [1.82, 2.24) is 4.72 Å². The normalized spacial score (nSPS) is 13.4. The molecule has 0 aliphatic rings. The highest BCUT2D eigenvalue weighted by Gasteiger charge is 2.23. The van der Waals surface area contributed by atoms with E-state index in [0.29, 0.717) is 0 Å². The molecule has 1 heterocycles. The number of benzene rings is 1. The molecule has 0 saturated heterocycles. The van der Waals surface area contributed by atoms with Crippen LogP contribution >= 0.6 is 27.3 Å². The summed E-state index contributed by atoms with van der Waals surface area (Å²) in [5.41, 5.74) is 0.897. The van der Waals surface area contributed by atoms with Crippen molar-refractivity contribution in [2.24, 2.45) is 0 Å². The third-order valence-electron chi connectivity index (χ3n) is 2.86. The van der Waals surface area contributed by atoms with Crippen LogP contribution in [0, 0.1) is 18.6 Å². The van der Waals surface area contributed by atoms with E-state index in [1.807, 2.05) is 0 Å². The van der Waals surface area contributed by atoms with Crippen LogP contribution < -0.4 is 4.72 Å². The van der Waals surface area contributed by atoms with Crippen molar-refractivity contribution in [3.05, 3.63) is 50.8 Å². The van der Waals surface area contributed by atoms with E-state index in [4.69, 9.17) is 0 Å². The van der Waals surface area contributed by atoms with Gasteiger partial charge in [0.2, 0.25) is 0 Å². The van der Waals surface area contributed by atoms with Gasteiger partial charge in [0.05, 0.1) is 3.79 Å². The van der Waals surface area contributed by atoms with Gasteiger partial charge in [-0.1, -0.05) is 6.07 Å². The Hall–Kier alpha value is -0.830. The fourth-order valence-corrected chi connectivity index (χ4v) is 5.24. The number of nitrogens with one attached hydrogen (secondary N) is 1. The minimum Gasteiger partial charge on any atom is -0.207 e. The summed E-state index contributed by atoms with van der Waals surface area (Å²) in [4.78, 5) is 0. The molecule has 1 N–H and O–H groups in total. The van der Waals surface area contributed by atoms with Gasteiger partial charge in [0.15, 0.2) is 0 Å². The number of rotatable bonds is 4. The molecule has 1 aromatic heterocycles. The van der Waals surface area contributed by atoms with Crippen molar-refractivity contribution in [2.45, 2.75) is 24.1 Å². The van der Waals surface area contributed by atoms with Gasteiger partial charge in [-0.3, -0.25) is 0 Å².